The number of para-hydroxylation sites is 1. The Bertz CT molecular complexity index is 1450. The number of hydrogen-bond acceptors (Lipinski definition) is 6. The zero-order valence-electron chi connectivity index (χ0n) is 19.2. The zero-order chi connectivity index (χ0) is 25.0. The summed E-state index contributed by atoms with van der Waals surface area (Å²) in [5, 5.41) is 7.41. The van der Waals surface area contributed by atoms with Gasteiger partial charge in [0, 0.05) is 18.5 Å². The third-order valence-electron chi connectivity index (χ3n) is 5.39. The van der Waals surface area contributed by atoms with Gasteiger partial charge in [-0.2, -0.15) is 4.31 Å². The van der Waals surface area contributed by atoms with Gasteiger partial charge in [0.2, 0.25) is 15.9 Å². The molecule has 182 valence electrons. The number of sulfonamides is 1. The van der Waals surface area contributed by atoms with Gasteiger partial charge in [-0.25, -0.2) is 12.8 Å². The van der Waals surface area contributed by atoms with Crippen LogP contribution in [0.15, 0.2) is 76.1 Å². The molecule has 1 N–H and O–H groups in total. The molecule has 3 aromatic carbocycles. The number of halogens is 1. The highest BCUT2D eigenvalue weighted by molar-refractivity contribution is 7.89. The van der Waals surface area contributed by atoms with Crippen LogP contribution in [0.4, 0.5) is 10.1 Å². The van der Waals surface area contributed by atoms with Gasteiger partial charge in [0.1, 0.15) is 17.3 Å². The second-order valence-corrected chi connectivity index (χ2v) is 9.59. The first-order chi connectivity index (χ1) is 16.8. The average Bonchev–Trinajstić information content (AvgIpc) is 3.24. The van der Waals surface area contributed by atoms with Crippen LogP contribution < -0.4 is 10.1 Å². The molecule has 35 heavy (non-hydrogen) atoms. The summed E-state index contributed by atoms with van der Waals surface area (Å²) >= 11 is 0. The molecule has 1 aromatic heterocycles. The van der Waals surface area contributed by atoms with E-state index in [4.69, 9.17) is 9.26 Å². The van der Waals surface area contributed by atoms with Crippen molar-refractivity contribution < 1.29 is 26.9 Å². The van der Waals surface area contributed by atoms with E-state index in [9.17, 15) is 17.6 Å². The molecule has 0 saturated heterocycles. The highest BCUT2D eigenvalue weighted by atomic mass is 32.2. The fourth-order valence-electron chi connectivity index (χ4n) is 3.61. The van der Waals surface area contributed by atoms with Crippen LogP contribution in [0, 0.1) is 5.82 Å². The molecular formula is C25H24FN3O5S. The molecule has 0 bridgehead atoms. The third-order valence-corrected chi connectivity index (χ3v) is 7.44. The Balaban J connectivity index is 1.66. The number of anilines is 1. The summed E-state index contributed by atoms with van der Waals surface area (Å²) in [6.45, 7) is 4.09. The Labute approximate surface area is 202 Å². The number of rotatable bonds is 9. The summed E-state index contributed by atoms with van der Waals surface area (Å²) in [7, 11) is -3.78. The number of aromatic nitrogens is 1. The van der Waals surface area contributed by atoms with Crippen molar-refractivity contribution in [3.63, 3.8) is 0 Å². The van der Waals surface area contributed by atoms with Gasteiger partial charge in [0.05, 0.1) is 17.0 Å². The van der Waals surface area contributed by atoms with E-state index in [1.165, 1.54) is 46.8 Å². The third kappa shape index (κ3) is 5.33. The second-order valence-electron chi connectivity index (χ2n) is 7.65. The zero-order valence-corrected chi connectivity index (χ0v) is 20.0. The van der Waals surface area contributed by atoms with Gasteiger partial charge in [-0.05, 0) is 54.6 Å². The van der Waals surface area contributed by atoms with Crippen molar-refractivity contribution in [3.8, 4) is 11.5 Å². The summed E-state index contributed by atoms with van der Waals surface area (Å²) in [6.07, 6.45) is -0.0972. The maximum Gasteiger partial charge on any atom is 0.243 e. The fourth-order valence-corrected chi connectivity index (χ4v) is 5.10. The van der Waals surface area contributed by atoms with Gasteiger partial charge < -0.3 is 14.6 Å². The standard InChI is InChI=1S/C25H24FN3O5S/c1-3-29(4-2)35(31,32)19-13-14-24(33-18-11-9-17(26)10-12-18)22(15-19)27-25(30)16-21-20-7-5-6-8-23(20)34-28-21/h5-15H,3-4,16H2,1-2H3,(H,27,30). The van der Waals surface area contributed by atoms with Gasteiger partial charge in [-0.15, -0.1) is 0 Å². The van der Waals surface area contributed by atoms with Gasteiger partial charge in [0.25, 0.3) is 0 Å². The first-order valence-electron chi connectivity index (χ1n) is 11.0. The lowest BCUT2D eigenvalue weighted by molar-refractivity contribution is -0.115. The number of fused-ring (bicyclic) bond motifs is 1. The minimum Gasteiger partial charge on any atom is -0.455 e. The summed E-state index contributed by atoms with van der Waals surface area (Å²) in [5.41, 5.74) is 1.16. The van der Waals surface area contributed by atoms with Gasteiger partial charge in [-0.1, -0.05) is 31.1 Å². The van der Waals surface area contributed by atoms with Crippen molar-refractivity contribution in [1.82, 2.24) is 9.46 Å². The molecule has 0 aliphatic heterocycles. The average molecular weight is 498 g/mol. The molecule has 0 aliphatic carbocycles. The summed E-state index contributed by atoms with van der Waals surface area (Å²) in [4.78, 5) is 12.9. The SMILES string of the molecule is CCN(CC)S(=O)(=O)c1ccc(Oc2ccc(F)cc2)c(NC(=O)Cc2noc3ccccc23)c1. The van der Waals surface area contributed by atoms with E-state index in [1.54, 1.807) is 32.0 Å². The highest BCUT2D eigenvalue weighted by Gasteiger charge is 2.24. The minimum absolute atomic E-state index is 0.00911. The first kappa shape index (κ1) is 24.4. The maximum absolute atomic E-state index is 13.3. The second kappa shape index (κ2) is 10.2. The monoisotopic (exact) mass is 497 g/mol. The van der Waals surface area contributed by atoms with E-state index in [2.05, 4.69) is 10.5 Å². The number of amides is 1. The number of nitrogens with one attached hydrogen (secondary N) is 1. The summed E-state index contributed by atoms with van der Waals surface area (Å²) in [5.74, 6) is -0.339. The lowest BCUT2D eigenvalue weighted by Crippen LogP contribution is -2.30. The molecule has 0 aliphatic rings. The summed E-state index contributed by atoms with van der Waals surface area (Å²) < 4.78 is 51.8. The van der Waals surface area contributed by atoms with E-state index >= 15 is 0 Å². The molecule has 4 aromatic rings. The topological polar surface area (TPSA) is 102 Å². The molecule has 1 heterocycles. The van der Waals surface area contributed by atoms with Crippen LogP contribution in [0.2, 0.25) is 0 Å². The number of nitrogens with zero attached hydrogens (tertiary/aromatic N) is 2. The van der Waals surface area contributed by atoms with Crippen LogP contribution in [-0.4, -0.2) is 36.9 Å². The molecule has 0 spiro atoms. The van der Waals surface area contributed by atoms with Gasteiger partial charge >= 0.3 is 0 Å². The highest BCUT2D eigenvalue weighted by Crippen LogP contribution is 2.33. The molecule has 0 unspecified atom stereocenters. The molecule has 0 fully saturated rings. The smallest absolute Gasteiger partial charge is 0.243 e. The minimum atomic E-state index is -3.78. The van der Waals surface area contributed by atoms with Crippen molar-refractivity contribution in [2.75, 3.05) is 18.4 Å². The Hall–Kier alpha value is -3.76. The summed E-state index contributed by atoms with van der Waals surface area (Å²) in [6, 6.07) is 16.7. The van der Waals surface area contributed by atoms with E-state index in [1.807, 2.05) is 6.07 Å². The molecule has 10 heteroatoms. The van der Waals surface area contributed by atoms with Crippen molar-refractivity contribution in [3.05, 3.63) is 78.2 Å². The molecule has 1 amide bonds. The molecule has 0 saturated carbocycles. The van der Waals surface area contributed by atoms with Crippen LogP contribution in [0.3, 0.4) is 0 Å². The molecular weight excluding hydrogens is 473 g/mol. The molecule has 0 atom stereocenters. The Kier molecular flexibility index (Phi) is 7.13. The van der Waals surface area contributed by atoms with Crippen molar-refractivity contribution in [2.45, 2.75) is 25.2 Å². The van der Waals surface area contributed by atoms with Crippen molar-refractivity contribution >= 4 is 32.6 Å². The van der Waals surface area contributed by atoms with E-state index in [0.29, 0.717) is 35.5 Å². The number of hydrogen-bond donors (Lipinski definition) is 1. The largest absolute Gasteiger partial charge is 0.455 e. The quantitative estimate of drug-likeness (QED) is 0.350. The van der Waals surface area contributed by atoms with Crippen LogP contribution >= 0.6 is 0 Å². The maximum atomic E-state index is 13.3. The first-order valence-corrected chi connectivity index (χ1v) is 12.5. The number of carbonyl (C=O) groups is 1. The predicted octanol–water partition coefficient (Wildman–Crippen LogP) is 4.97. The van der Waals surface area contributed by atoms with Gasteiger partial charge in [0.15, 0.2) is 11.3 Å². The number of carbonyl (C=O) groups excluding carboxylic acids is 1. The van der Waals surface area contributed by atoms with E-state index in [-0.39, 0.29) is 22.8 Å². The lowest BCUT2D eigenvalue weighted by atomic mass is 10.1. The van der Waals surface area contributed by atoms with Crippen LogP contribution in [0.5, 0.6) is 11.5 Å². The molecule has 8 nitrogen and oxygen atoms in total. The number of benzene rings is 3. The Morgan fingerprint density at radius 2 is 1.77 bits per heavy atom. The number of ether oxygens (including phenoxy) is 1. The van der Waals surface area contributed by atoms with Crippen molar-refractivity contribution in [2.24, 2.45) is 0 Å². The van der Waals surface area contributed by atoms with Gasteiger partial charge in [-0.3, -0.25) is 4.79 Å². The molecule has 0 radical (unpaired) electrons. The van der Waals surface area contributed by atoms with Crippen molar-refractivity contribution in [1.29, 1.82) is 0 Å². The predicted molar refractivity (Wildman–Crippen MR) is 129 cm³/mol. The Morgan fingerprint density at radius 1 is 1.06 bits per heavy atom. The normalized spacial score (nSPS) is 11.7. The molecule has 4 rings (SSSR count). The van der Waals surface area contributed by atoms with E-state index < -0.39 is 21.7 Å². The lowest BCUT2D eigenvalue weighted by Gasteiger charge is -2.20. The van der Waals surface area contributed by atoms with E-state index in [0.717, 1.165) is 0 Å². The van der Waals surface area contributed by atoms with Crippen LogP contribution in [0.1, 0.15) is 19.5 Å². The van der Waals surface area contributed by atoms with Crippen LogP contribution in [-0.2, 0) is 21.2 Å². The fraction of sp³-hybridized carbons (Fsp3) is 0.200. The van der Waals surface area contributed by atoms with Crippen LogP contribution in [0.25, 0.3) is 11.0 Å². The Morgan fingerprint density at radius 3 is 2.49 bits per heavy atom.